The summed E-state index contributed by atoms with van der Waals surface area (Å²) in [7, 11) is 0. The number of ether oxygens (including phenoxy) is 2. The van der Waals surface area contributed by atoms with Crippen LogP contribution in [0.1, 0.15) is 44.2 Å². The maximum atomic E-state index is 10.1. The SMILES string of the molecule is CCOc1ccc(-c2nnc(-c3cccc4c3CCC4C(C)O)s2)cc1OCC. The van der Waals surface area contributed by atoms with Gasteiger partial charge in [0.05, 0.1) is 19.3 Å². The van der Waals surface area contributed by atoms with Gasteiger partial charge in [-0.05, 0) is 62.9 Å². The first-order valence-corrected chi connectivity index (χ1v) is 11.0. The van der Waals surface area contributed by atoms with Gasteiger partial charge >= 0.3 is 0 Å². The Balaban J connectivity index is 1.68. The van der Waals surface area contributed by atoms with E-state index in [2.05, 4.69) is 28.4 Å². The molecular formula is C23H26N2O3S. The third-order valence-corrected chi connectivity index (χ3v) is 6.35. The van der Waals surface area contributed by atoms with Crippen molar-refractivity contribution in [2.75, 3.05) is 13.2 Å². The minimum Gasteiger partial charge on any atom is -0.490 e. The van der Waals surface area contributed by atoms with Gasteiger partial charge in [0.1, 0.15) is 10.0 Å². The molecule has 0 spiro atoms. The molecule has 2 atom stereocenters. The lowest BCUT2D eigenvalue weighted by Gasteiger charge is -2.15. The monoisotopic (exact) mass is 410 g/mol. The average molecular weight is 411 g/mol. The second kappa shape index (κ2) is 8.51. The van der Waals surface area contributed by atoms with Crippen molar-refractivity contribution in [1.82, 2.24) is 10.2 Å². The van der Waals surface area contributed by atoms with Crippen molar-refractivity contribution in [3.63, 3.8) is 0 Å². The topological polar surface area (TPSA) is 64.5 Å². The number of aliphatic hydroxyl groups is 1. The summed E-state index contributed by atoms with van der Waals surface area (Å²) in [4.78, 5) is 0. The van der Waals surface area contributed by atoms with E-state index < -0.39 is 0 Å². The highest BCUT2D eigenvalue weighted by molar-refractivity contribution is 7.17. The van der Waals surface area contributed by atoms with Gasteiger partial charge in [0.25, 0.3) is 0 Å². The van der Waals surface area contributed by atoms with Crippen LogP contribution in [0.2, 0.25) is 0 Å². The van der Waals surface area contributed by atoms with Crippen molar-refractivity contribution in [3.05, 3.63) is 47.5 Å². The Morgan fingerprint density at radius 1 is 1.07 bits per heavy atom. The number of aliphatic hydroxyl groups excluding tert-OH is 1. The normalized spacial score (nSPS) is 16.5. The minimum atomic E-state index is -0.336. The summed E-state index contributed by atoms with van der Waals surface area (Å²) in [5.74, 6) is 1.68. The van der Waals surface area contributed by atoms with Crippen molar-refractivity contribution < 1.29 is 14.6 Å². The Labute approximate surface area is 175 Å². The Bertz CT molecular complexity index is 1000. The van der Waals surface area contributed by atoms with Gasteiger partial charge in [-0.3, -0.25) is 0 Å². The molecule has 1 heterocycles. The first kappa shape index (κ1) is 19.9. The summed E-state index contributed by atoms with van der Waals surface area (Å²) in [6.07, 6.45) is 1.61. The molecule has 0 amide bonds. The van der Waals surface area contributed by atoms with E-state index in [-0.39, 0.29) is 12.0 Å². The van der Waals surface area contributed by atoms with E-state index in [9.17, 15) is 5.11 Å². The predicted octanol–water partition coefficient (Wildman–Crippen LogP) is 5.08. The van der Waals surface area contributed by atoms with Gasteiger partial charge in [-0.15, -0.1) is 10.2 Å². The molecule has 1 aliphatic rings. The summed E-state index contributed by atoms with van der Waals surface area (Å²) in [5.41, 5.74) is 4.64. The van der Waals surface area contributed by atoms with Crippen LogP contribution in [0.15, 0.2) is 36.4 Å². The van der Waals surface area contributed by atoms with E-state index >= 15 is 0 Å². The molecule has 152 valence electrons. The second-order valence-corrected chi connectivity index (χ2v) is 8.18. The summed E-state index contributed by atoms with van der Waals surface area (Å²) in [6, 6.07) is 12.2. The second-order valence-electron chi connectivity index (χ2n) is 7.20. The van der Waals surface area contributed by atoms with Crippen molar-refractivity contribution in [2.24, 2.45) is 0 Å². The quantitative estimate of drug-likeness (QED) is 0.588. The number of benzene rings is 2. The van der Waals surface area contributed by atoms with Gasteiger partial charge in [0.2, 0.25) is 0 Å². The molecule has 0 radical (unpaired) electrons. The Kier molecular flexibility index (Phi) is 5.83. The zero-order chi connectivity index (χ0) is 20.4. The first-order valence-electron chi connectivity index (χ1n) is 10.2. The first-order chi connectivity index (χ1) is 14.1. The van der Waals surface area contributed by atoms with Crippen LogP contribution in [0, 0.1) is 0 Å². The highest BCUT2D eigenvalue weighted by Crippen LogP contribution is 2.42. The van der Waals surface area contributed by atoms with Gasteiger partial charge in [-0.25, -0.2) is 0 Å². The van der Waals surface area contributed by atoms with Crippen LogP contribution in [0.5, 0.6) is 11.5 Å². The maximum absolute atomic E-state index is 10.1. The number of fused-ring (bicyclic) bond motifs is 1. The molecule has 1 N–H and O–H groups in total. The number of rotatable bonds is 7. The van der Waals surface area contributed by atoms with Crippen LogP contribution >= 0.6 is 11.3 Å². The smallest absolute Gasteiger partial charge is 0.161 e. The fourth-order valence-corrected chi connectivity index (χ4v) is 4.91. The van der Waals surface area contributed by atoms with Crippen LogP contribution in [-0.2, 0) is 6.42 Å². The third kappa shape index (κ3) is 3.87. The van der Waals surface area contributed by atoms with Crippen LogP contribution in [0.25, 0.3) is 21.1 Å². The minimum absolute atomic E-state index is 0.206. The summed E-state index contributed by atoms with van der Waals surface area (Å²) in [6.45, 7) is 6.96. The van der Waals surface area contributed by atoms with Crippen molar-refractivity contribution >= 4 is 11.3 Å². The van der Waals surface area contributed by atoms with Crippen LogP contribution in [0.4, 0.5) is 0 Å². The number of hydrogen-bond acceptors (Lipinski definition) is 6. The maximum Gasteiger partial charge on any atom is 0.161 e. The molecule has 4 rings (SSSR count). The summed E-state index contributed by atoms with van der Waals surface area (Å²) >= 11 is 1.58. The van der Waals surface area contributed by atoms with E-state index in [1.54, 1.807) is 11.3 Å². The van der Waals surface area contributed by atoms with E-state index in [1.807, 2.05) is 39.0 Å². The molecular weight excluding hydrogens is 384 g/mol. The summed E-state index contributed by atoms with van der Waals surface area (Å²) < 4.78 is 11.4. The molecule has 0 saturated carbocycles. The molecule has 0 saturated heterocycles. The number of nitrogens with zero attached hydrogens (tertiary/aromatic N) is 2. The molecule has 2 unspecified atom stereocenters. The van der Waals surface area contributed by atoms with Gasteiger partial charge in [0, 0.05) is 17.0 Å². The molecule has 29 heavy (non-hydrogen) atoms. The Morgan fingerprint density at radius 3 is 2.59 bits per heavy atom. The fraction of sp³-hybridized carbons (Fsp3) is 0.391. The van der Waals surface area contributed by atoms with E-state index in [1.165, 1.54) is 11.1 Å². The lowest BCUT2D eigenvalue weighted by atomic mass is 9.95. The molecule has 2 aromatic carbocycles. The zero-order valence-electron chi connectivity index (χ0n) is 17.0. The largest absolute Gasteiger partial charge is 0.490 e. The van der Waals surface area contributed by atoms with Crippen molar-refractivity contribution in [3.8, 4) is 32.6 Å². The van der Waals surface area contributed by atoms with Gasteiger partial charge in [-0.1, -0.05) is 29.5 Å². The van der Waals surface area contributed by atoms with Crippen molar-refractivity contribution in [2.45, 2.75) is 45.6 Å². The molecule has 1 aromatic heterocycles. The molecule has 1 aliphatic carbocycles. The zero-order valence-corrected chi connectivity index (χ0v) is 17.8. The molecule has 0 aliphatic heterocycles. The predicted molar refractivity (Wildman–Crippen MR) is 116 cm³/mol. The van der Waals surface area contributed by atoms with E-state index in [4.69, 9.17) is 9.47 Å². The third-order valence-electron chi connectivity index (χ3n) is 5.35. The lowest BCUT2D eigenvalue weighted by Crippen LogP contribution is -2.11. The number of hydrogen-bond donors (Lipinski definition) is 1. The Hall–Kier alpha value is -2.44. The molecule has 0 fully saturated rings. The lowest BCUT2D eigenvalue weighted by molar-refractivity contribution is 0.162. The summed E-state index contributed by atoms with van der Waals surface area (Å²) in [5, 5.41) is 20.8. The van der Waals surface area contributed by atoms with Crippen LogP contribution in [0.3, 0.4) is 0 Å². The highest BCUT2D eigenvalue weighted by Gasteiger charge is 2.29. The molecule has 0 bridgehead atoms. The average Bonchev–Trinajstić information content (AvgIpc) is 3.37. The Morgan fingerprint density at radius 2 is 1.83 bits per heavy atom. The van der Waals surface area contributed by atoms with Gasteiger partial charge in [-0.2, -0.15) is 0 Å². The fourth-order valence-electron chi connectivity index (χ4n) is 4.02. The molecule has 3 aromatic rings. The van der Waals surface area contributed by atoms with Crippen molar-refractivity contribution in [1.29, 1.82) is 0 Å². The van der Waals surface area contributed by atoms with Crippen LogP contribution < -0.4 is 9.47 Å². The van der Waals surface area contributed by atoms with Crippen LogP contribution in [-0.4, -0.2) is 34.6 Å². The highest BCUT2D eigenvalue weighted by atomic mass is 32.1. The number of aromatic nitrogens is 2. The standard InChI is InChI=1S/C23H26N2O3S/c1-4-27-20-12-9-15(13-21(20)28-5-2)22-24-25-23(29-22)19-8-6-7-17-16(14(3)26)10-11-18(17)19/h6-9,12-14,16,26H,4-5,10-11H2,1-3H3. The molecule has 6 heteroatoms. The van der Waals surface area contributed by atoms with E-state index in [0.29, 0.717) is 13.2 Å². The molecule has 5 nitrogen and oxygen atoms in total. The van der Waals surface area contributed by atoms with Gasteiger partial charge in [0.15, 0.2) is 11.5 Å². The van der Waals surface area contributed by atoms with Gasteiger partial charge < -0.3 is 14.6 Å². The van der Waals surface area contributed by atoms with E-state index in [0.717, 1.165) is 45.5 Å².